The average molecular weight is 382 g/mol. The number of carbonyl (C=O) groups excluding carboxylic acids is 2. The monoisotopic (exact) mass is 382 g/mol. The van der Waals surface area contributed by atoms with Crippen molar-refractivity contribution in [1.82, 2.24) is 15.2 Å². The van der Waals surface area contributed by atoms with E-state index in [1.165, 1.54) is 18.7 Å². The molecule has 0 saturated carbocycles. The lowest BCUT2D eigenvalue weighted by Gasteiger charge is -2.02. The van der Waals surface area contributed by atoms with Crippen molar-refractivity contribution in [2.75, 3.05) is 18.2 Å². The highest BCUT2D eigenvalue weighted by atomic mass is 32.2. The molecule has 0 atom stereocenters. The molecule has 1 heterocycles. The van der Waals surface area contributed by atoms with Crippen LogP contribution < -0.4 is 10.1 Å². The molecule has 0 aliphatic heterocycles. The van der Waals surface area contributed by atoms with Crippen LogP contribution in [0.2, 0.25) is 0 Å². The van der Waals surface area contributed by atoms with Crippen molar-refractivity contribution in [2.45, 2.75) is 12.1 Å². The van der Waals surface area contributed by atoms with Crippen LogP contribution in [0, 0.1) is 0 Å². The van der Waals surface area contributed by atoms with Crippen LogP contribution in [0.4, 0.5) is 5.69 Å². The van der Waals surface area contributed by atoms with Gasteiger partial charge in [0.05, 0.1) is 12.9 Å². The first-order valence-electron chi connectivity index (χ1n) is 8.15. The molecule has 7 nitrogen and oxygen atoms in total. The van der Waals surface area contributed by atoms with Gasteiger partial charge < -0.3 is 10.1 Å². The summed E-state index contributed by atoms with van der Waals surface area (Å²) in [6.07, 6.45) is 0. The van der Waals surface area contributed by atoms with Gasteiger partial charge in [-0.3, -0.25) is 14.7 Å². The minimum Gasteiger partial charge on any atom is -0.497 e. The molecule has 2 aromatic carbocycles. The van der Waals surface area contributed by atoms with Gasteiger partial charge in [-0.2, -0.15) is 0 Å². The number of aromatic amines is 1. The molecule has 0 aliphatic rings. The Kier molecular flexibility index (Phi) is 5.87. The zero-order valence-electron chi connectivity index (χ0n) is 14.9. The predicted molar refractivity (Wildman–Crippen MR) is 104 cm³/mol. The number of ether oxygens (including phenoxy) is 1. The second kappa shape index (κ2) is 8.50. The number of aromatic nitrogens is 3. The van der Waals surface area contributed by atoms with E-state index >= 15 is 0 Å². The summed E-state index contributed by atoms with van der Waals surface area (Å²) in [4.78, 5) is 27.7. The van der Waals surface area contributed by atoms with E-state index in [4.69, 9.17) is 4.74 Å². The molecular formula is C19H18N4O3S. The number of methoxy groups -OCH3 is 1. The Morgan fingerprint density at radius 1 is 1.11 bits per heavy atom. The van der Waals surface area contributed by atoms with E-state index in [0.29, 0.717) is 28.0 Å². The Bertz CT molecular complexity index is 936. The molecule has 8 heteroatoms. The normalized spacial score (nSPS) is 10.4. The van der Waals surface area contributed by atoms with Crippen molar-refractivity contribution < 1.29 is 14.3 Å². The Labute approximate surface area is 160 Å². The second-order valence-electron chi connectivity index (χ2n) is 5.67. The number of Topliss-reactive ketones (excluding diaryl/α,β-unsaturated/α-hetero) is 1. The van der Waals surface area contributed by atoms with Crippen LogP contribution in [-0.2, 0) is 4.79 Å². The Balaban J connectivity index is 1.60. The van der Waals surface area contributed by atoms with Gasteiger partial charge in [0.25, 0.3) is 0 Å². The Hall–Kier alpha value is -3.13. The summed E-state index contributed by atoms with van der Waals surface area (Å²) in [6.45, 7) is 1.46. The van der Waals surface area contributed by atoms with Crippen molar-refractivity contribution in [2.24, 2.45) is 0 Å². The van der Waals surface area contributed by atoms with Crippen LogP contribution in [0.15, 0.2) is 53.7 Å². The SMILES string of the molecule is COc1ccc(C(=O)CSc2n[nH]c(-c3ccc(NC(C)=O)cc3)n2)cc1. The molecule has 0 bridgehead atoms. The first-order chi connectivity index (χ1) is 13.0. The molecule has 0 saturated heterocycles. The number of hydrogen-bond donors (Lipinski definition) is 2. The lowest BCUT2D eigenvalue weighted by Crippen LogP contribution is -2.05. The number of H-pyrrole nitrogens is 1. The molecular weight excluding hydrogens is 364 g/mol. The average Bonchev–Trinajstić information content (AvgIpc) is 3.15. The van der Waals surface area contributed by atoms with Crippen molar-refractivity contribution >= 4 is 29.1 Å². The van der Waals surface area contributed by atoms with E-state index in [1.807, 2.05) is 12.1 Å². The summed E-state index contributed by atoms with van der Waals surface area (Å²) in [6, 6.07) is 14.2. The molecule has 0 fully saturated rings. The highest BCUT2D eigenvalue weighted by molar-refractivity contribution is 7.99. The van der Waals surface area contributed by atoms with Gasteiger partial charge in [-0.25, -0.2) is 4.98 Å². The molecule has 0 radical (unpaired) electrons. The van der Waals surface area contributed by atoms with E-state index in [2.05, 4.69) is 20.5 Å². The van der Waals surface area contributed by atoms with Crippen LogP contribution in [0.25, 0.3) is 11.4 Å². The third-order valence-electron chi connectivity index (χ3n) is 3.69. The molecule has 1 aromatic heterocycles. The maximum absolute atomic E-state index is 12.3. The van der Waals surface area contributed by atoms with E-state index in [9.17, 15) is 9.59 Å². The van der Waals surface area contributed by atoms with Crippen LogP contribution in [-0.4, -0.2) is 39.7 Å². The molecule has 3 aromatic rings. The Morgan fingerprint density at radius 3 is 2.44 bits per heavy atom. The summed E-state index contributed by atoms with van der Waals surface area (Å²) < 4.78 is 5.09. The van der Waals surface area contributed by atoms with E-state index in [0.717, 1.165) is 5.56 Å². The lowest BCUT2D eigenvalue weighted by molar-refractivity contribution is -0.114. The summed E-state index contributed by atoms with van der Waals surface area (Å²) >= 11 is 1.27. The molecule has 27 heavy (non-hydrogen) atoms. The molecule has 0 unspecified atom stereocenters. The van der Waals surface area contributed by atoms with Crippen molar-refractivity contribution in [1.29, 1.82) is 0 Å². The summed E-state index contributed by atoms with van der Waals surface area (Å²) in [5.41, 5.74) is 2.17. The van der Waals surface area contributed by atoms with Gasteiger partial charge in [-0.15, -0.1) is 5.10 Å². The minimum absolute atomic E-state index is 0.00587. The van der Waals surface area contributed by atoms with E-state index < -0.39 is 0 Å². The number of hydrogen-bond acceptors (Lipinski definition) is 6. The van der Waals surface area contributed by atoms with Crippen LogP contribution in [0.5, 0.6) is 5.75 Å². The van der Waals surface area contributed by atoms with Gasteiger partial charge in [0, 0.05) is 23.7 Å². The Morgan fingerprint density at radius 2 is 1.81 bits per heavy atom. The largest absolute Gasteiger partial charge is 0.497 e. The zero-order valence-corrected chi connectivity index (χ0v) is 15.7. The predicted octanol–water partition coefficient (Wildman–Crippen LogP) is 3.41. The standard InChI is InChI=1S/C19H18N4O3S/c1-12(24)20-15-7-3-14(4-8-15)18-21-19(23-22-18)27-11-17(25)13-5-9-16(26-2)10-6-13/h3-10H,11H2,1-2H3,(H,20,24)(H,21,22,23). The third-order valence-corrected chi connectivity index (χ3v) is 4.54. The maximum Gasteiger partial charge on any atom is 0.221 e. The highest BCUT2D eigenvalue weighted by Crippen LogP contribution is 2.22. The maximum atomic E-state index is 12.3. The number of nitrogens with one attached hydrogen (secondary N) is 2. The van der Waals surface area contributed by atoms with E-state index in [-0.39, 0.29) is 17.4 Å². The first-order valence-corrected chi connectivity index (χ1v) is 9.14. The number of benzene rings is 2. The minimum atomic E-state index is -0.123. The molecule has 2 N–H and O–H groups in total. The van der Waals surface area contributed by atoms with Gasteiger partial charge >= 0.3 is 0 Å². The van der Waals surface area contributed by atoms with Gasteiger partial charge in [0.15, 0.2) is 11.6 Å². The fraction of sp³-hybridized carbons (Fsp3) is 0.158. The molecule has 1 amide bonds. The van der Waals surface area contributed by atoms with Gasteiger partial charge in [0.2, 0.25) is 11.1 Å². The highest BCUT2D eigenvalue weighted by Gasteiger charge is 2.11. The fourth-order valence-electron chi connectivity index (χ4n) is 2.35. The summed E-state index contributed by atoms with van der Waals surface area (Å²) in [5.74, 6) is 1.42. The number of ketones is 1. The molecule has 3 rings (SSSR count). The van der Waals surface area contributed by atoms with Crippen molar-refractivity contribution in [3.63, 3.8) is 0 Å². The smallest absolute Gasteiger partial charge is 0.221 e. The van der Waals surface area contributed by atoms with Crippen LogP contribution in [0.1, 0.15) is 17.3 Å². The first kappa shape index (κ1) is 18.7. The van der Waals surface area contributed by atoms with Crippen LogP contribution in [0.3, 0.4) is 0 Å². The molecule has 0 aliphatic carbocycles. The molecule has 0 spiro atoms. The van der Waals surface area contributed by atoms with Gasteiger partial charge in [-0.1, -0.05) is 11.8 Å². The van der Waals surface area contributed by atoms with Crippen LogP contribution >= 0.6 is 11.8 Å². The summed E-state index contributed by atoms with van der Waals surface area (Å²) in [5, 5.41) is 10.2. The fourth-order valence-corrected chi connectivity index (χ4v) is 3.04. The molecule has 138 valence electrons. The number of rotatable bonds is 7. The van der Waals surface area contributed by atoms with Gasteiger partial charge in [-0.05, 0) is 48.5 Å². The number of nitrogens with zero attached hydrogens (tertiary/aromatic N) is 2. The van der Waals surface area contributed by atoms with Gasteiger partial charge in [0.1, 0.15) is 5.75 Å². The third kappa shape index (κ3) is 4.95. The lowest BCUT2D eigenvalue weighted by atomic mass is 10.1. The quantitative estimate of drug-likeness (QED) is 0.480. The summed E-state index contributed by atoms with van der Waals surface area (Å²) in [7, 11) is 1.58. The topological polar surface area (TPSA) is 97.0 Å². The van der Waals surface area contributed by atoms with Crippen molar-refractivity contribution in [3.8, 4) is 17.1 Å². The number of thioether (sulfide) groups is 1. The number of amides is 1. The second-order valence-corrected chi connectivity index (χ2v) is 6.61. The van der Waals surface area contributed by atoms with E-state index in [1.54, 1.807) is 43.5 Å². The number of carbonyl (C=O) groups is 2. The zero-order chi connectivity index (χ0) is 19.2. The number of anilines is 1. The van der Waals surface area contributed by atoms with Crippen molar-refractivity contribution in [3.05, 3.63) is 54.1 Å².